The molecule has 1 aliphatic rings. The summed E-state index contributed by atoms with van der Waals surface area (Å²) in [7, 11) is 1.76. The van der Waals surface area contributed by atoms with Crippen LogP contribution in [0.25, 0.3) is 0 Å². The first-order chi connectivity index (χ1) is 8.53. The predicted molar refractivity (Wildman–Crippen MR) is 69.5 cm³/mol. The van der Waals surface area contributed by atoms with Crippen molar-refractivity contribution in [1.82, 2.24) is 9.97 Å². The zero-order valence-electron chi connectivity index (χ0n) is 10.6. The van der Waals surface area contributed by atoms with Crippen LogP contribution in [0.4, 0.5) is 17.6 Å². The van der Waals surface area contributed by atoms with E-state index in [4.69, 9.17) is 10.5 Å². The van der Waals surface area contributed by atoms with Crippen LogP contribution in [0.2, 0.25) is 0 Å². The molecule has 5 N–H and O–H groups in total. The molecule has 1 aliphatic heterocycles. The zero-order valence-corrected chi connectivity index (χ0v) is 10.6. The van der Waals surface area contributed by atoms with Crippen LogP contribution in [0.15, 0.2) is 6.07 Å². The van der Waals surface area contributed by atoms with E-state index in [1.165, 1.54) is 0 Å². The van der Waals surface area contributed by atoms with Gasteiger partial charge in [0, 0.05) is 32.7 Å². The standard InChI is InChI=1S/C11H19N5O2/c1-7-11(17,3-4-18-7)6-14-9-5-8(13-2)15-10(12)16-9/h5,7,17H,3-4,6H2,1-2H3,(H4,12,13,14,15,16). The molecule has 0 spiro atoms. The maximum absolute atomic E-state index is 10.3. The maximum atomic E-state index is 10.3. The number of aliphatic hydroxyl groups is 1. The van der Waals surface area contributed by atoms with Crippen LogP contribution in [0, 0.1) is 0 Å². The van der Waals surface area contributed by atoms with Gasteiger partial charge in [0.2, 0.25) is 5.95 Å². The summed E-state index contributed by atoms with van der Waals surface area (Å²) in [5.74, 6) is 1.40. The Kier molecular flexibility index (Phi) is 3.53. The molecule has 2 unspecified atom stereocenters. The van der Waals surface area contributed by atoms with Crippen LogP contribution < -0.4 is 16.4 Å². The molecular formula is C11H19N5O2. The Morgan fingerprint density at radius 2 is 2.28 bits per heavy atom. The van der Waals surface area contributed by atoms with Crippen molar-refractivity contribution in [1.29, 1.82) is 0 Å². The van der Waals surface area contributed by atoms with Crippen molar-refractivity contribution in [3.05, 3.63) is 6.07 Å². The van der Waals surface area contributed by atoms with Gasteiger partial charge in [0.25, 0.3) is 0 Å². The number of nitrogen functional groups attached to an aromatic ring is 1. The van der Waals surface area contributed by atoms with Crippen LogP contribution in [-0.4, -0.2) is 47.0 Å². The molecule has 0 saturated carbocycles. The Balaban J connectivity index is 2.04. The molecular weight excluding hydrogens is 234 g/mol. The summed E-state index contributed by atoms with van der Waals surface area (Å²) in [5, 5.41) is 16.3. The van der Waals surface area contributed by atoms with Crippen LogP contribution in [0.3, 0.4) is 0 Å². The van der Waals surface area contributed by atoms with Crippen molar-refractivity contribution in [2.45, 2.75) is 25.0 Å². The van der Waals surface area contributed by atoms with Gasteiger partial charge in [0.1, 0.15) is 17.2 Å². The highest BCUT2D eigenvalue weighted by Gasteiger charge is 2.39. The molecule has 0 aromatic carbocycles. The fraction of sp³-hybridized carbons (Fsp3) is 0.636. The minimum absolute atomic E-state index is 0.187. The predicted octanol–water partition coefficient (Wildman–Crippen LogP) is 0.0523. The van der Waals surface area contributed by atoms with E-state index in [9.17, 15) is 5.11 Å². The molecule has 1 aromatic heterocycles. The lowest BCUT2D eigenvalue weighted by Gasteiger charge is -2.26. The Labute approximate surface area is 106 Å². The van der Waals surface area contributed by atoms with Crippen LogP contribution in [0.1, 0.15) is 13.3 Å². The smallest absolute Gasteiger partial charge is 0.223 e. The highest BCUT2D eigenvalue weighted by atomic mass is 16.5. The van der Waals surface area contributed by atoms with Gasteiger partial charge in [-0.3, -0.25) is 0 Å². The molecule has 7 nitrogen and oxygen atoms in total. The van der Waals surface area contributed by atoms with E-state index in [1.54, 1.807) is 13.1 Å². The third-order valence-corrected chi connectivity index (χ3v) is 3.23. The molecule has 0 radical (unpaired) electrons. The monoisotopic (exact) mass is 253 g/mol. The quantitative estimate of drug-likeness (QED) is 0.601. The Morgan fingerprint density at radius 3 is 2.89 bits per heavy atom. The largest absolute Gasteiger partial charge is 0.385 e. The number of anilines is 3. The Bertz CT molecular complexity index is 428. The summed E-state index contributed by atoms with van der Waals surface area (Å²) in [6.07, 6.45) is 0.425. The number of ether oxygens (including phenoxy) is 1. The summed E-state index contributed by atoms with van der Waals surface area (Å²) in [4.78, 5) is 8.06. The van der Waals surface area contributed by atoms with E-state index in [0.717, 1.165) is 0 Å². The van der Waals surface area contributed by atoms with Crippen molar-refractivity contribution in [3.8, 4) is 0 Å². The molecule has 7 heteroatoms. The van der Waals surface area contributed by atoms with E-state index in [2.05, 4.69) is 20.6 Å². The molecule has 0 aliphatic carbocycles. The van der Waals surface area contributed by atoms with Crippen molar-refractivity contribution in [2.24, 2.45) is 0 Å². The van der Waals surface area contributed by atoms with E-state index in [-0.39, 0.29) is 12.1 Å². The lowest BCUT2D eigenvalue weighted by Crippen LogP contribution is -2.43. The van der Waals surface area contributed by atoms with Crippen LogP contribution in [-0.2, 0) is 4.74 Å². The summed E-state index contributed by atoms with van der Waals surface area (Å²) in [5.41, 5.74) is 4.73. The second-order valence-corrected chi connectivity index (χ2v) is 4.47. The molecule has 0 amide bonds. The van der Waals surface area contributed by atoms with E-state index >= 15 is 0 Å². The third-order valence-electron chi connectivity index (χ3n) is 3.23. The Morgan fingerprint density at radius 1 is 1.56 bits per heavy atom. The number of hydrogen-bond donors (Lipinski definition) is 4. The van der Waals surface area contributed by atoms with E-state index in [0.29, 0.717) is 31.2 Å². The molecule has 1 saturated heterocycles. The second-order valence-electron chi connectivity index (χ2n) is 4.47. The summed E-state index contributed by atoms with van der Waals surface area (Å²) in [6, 6.07) is 1.74. The number of nitrogens with zero attached hydrogens (tertiary/aromatic N) is 2. The summed E-state index contributed by atoms with van der Waals surface area (Å²) >= 11 is 0. The average molecular weight is 253 g/mol. The molecule has 2 heterocycles. The third kappa shape index (κ3) is 2.62. The minimum Gasteiger partial charge on any atom is -0.385 e. The minimum atomic E-state index is -0.862. The van der Waals surface area contributed by atoms with Gasteiger partial charge in [-0.1, -0.05) is 0 Å². The lowest BCUT2D eigenvalue weighted by atomic mass is 9.97. The first-order valence-corrected chi connectivity index (χ1v) is 5.94. The fourth-order valence-electron chi connectivity index (χ4n) is 1.93. The van der Waals surface area contributed by atoms with Crippen molar-refractivity contribution >= 4 is 17.6 Å². The molecule has 0 bridgehead atoms. The Hall–Kier alpha value is -1.60. The molecule has 1 aromatic rings. The van der Waals surface area contributed by atoms with Crippen molar-refractivity contribution in [2.75, 3.05) is 36.6 Å². The summed E-state index contributed by atoms with van der Waals surface area (Å²) in [6.45, 7) is 2.81. The van der Waals surface area contributed by atoms with Gasteiger partial charge in [0.15, 0.2) is 0 Å². The van der Waals surface area contributed by atoms with Crippen LogP contribution >= 0.6 is 0 Å². The van der Waals surface area contributed by atoms with E-state index in [1.807, 2.05) is 6.92 Å². The number of aromatic nitrogens is 2. The molecule has 1 fully saturated rings. The number of nitrogens with two attached hydrogens (primary N) is 1. The van der Waals surface area contributed by atoms with Gasteiger partial charge >= 0.3 is 0 Å². The first-order valence-electron chi connectivity index (χ1n) is 5.94. The SMILES string of the molecule is CNc1cc(NCC2(O)CCOC2C)nc(N)n1. The van der Waals surface area contributed by atoms with Crippen molar-refractivity contribution in [3.63, 3.8) is 0 Å². The van der Waals surface area contributed by atoms with Crippen LogP contribution in [0.5, 0.6) is 0 Å². The molecule has 2 rings (SSSR count). The molecule has 2 atom stereocenters. The fourth-order valence-corrected chi connectivity index (χ4v) is 1.93. The topological polar surface area (TPSA) is 105 Å². The van der Waals surface area contributed by atoms with E-state index < -0.39 is 5.60 Å². The zero-order chi connectivity index (χ0) is 13.2. The van der Waals surface area contributed by atoms with Gasteiger partial charge < -0.3 is 26.2 Å². The number of rotatable bonds is 4. The highest BCUT2D eigenvalue weighted by Crippen LogP contribution is 2.26. The summed E-state index contributed by atoms with van der Waals surface area (Å²) < 4.78 is 5.37. The van der Waals surface area contributed by atoms with Crippen molar-refractivity contribution < 1.29 is 9.84 Å². The van der Waals surface area contributed by atoms with Gasteiger partial charge in [0.05, 0.1) is 6.10 Å². The normalized spacial score (nSPS) is 27.2. The molecule has 18 heavy (non-hydrogen) atoms. The average Bonchev–Trinajstić information content (AvgIpc) is 2.67. The molecule has 100 valence electrons. The number of nitrogens with one attached hydrogen (secondary N) is 2. The second kappa shape index (κ2) is 4.95. The van der Waals surface area contributed by atoms with Gasteiger partial charge in [-0.05, 0) is 6.92 Å². The number of hydrogen-bond acceptors (Lipinski definition) is 7. The lowest BCUT2D eigenvalue weighted by molar-refractivity contribution is -0.0176. The van der Waals surface area contributed by atoms with Gasteiger partial charge in [-0.25, -0.2) is 0 Å². The highest BCUT2D eigenvalue weighted by molar-refractivity contribution is 5.50. The maximum Gasteiger partial charge on any atom is 0.223 e. The van der Waals surface area contributed by atoms with Gasteiger partial charge in [-0.2, -0.15) is 9.97 Å². The van der Waals surface area contributed by atoms with Gasteiger partial charge in [-0.15, -0.1) is 0 Å². The first kappa shape index (κ1) is 12.8.